The average molecular weight is 551 g/mol. The standard InChI is InChI=1S/C31H38N2O5S/c1-22(2)23-9-11-25(12-10-23)38-21-28-27-14-18-39-29(27)13-16-33(28)30(34)20-32(15-6-17-36-3)31(35)24-7-5-8-26(19-24)37-4/h5,7-12,14,18-19,22,28H,6,13,15-17,20-21H2,1-4H3/t28-/m0/s1. The second kappa shape index (κ2) is 13.6. The zero-order valence-electron chi connectivity index (χ0n) is 23.2. The summed E-state index contributed by atoms with van der Waals surface area (Å²) < 4.78 is 16.7. The predicted octanol–water partition coefficient (Wildman–Crippen LogP) is 5.56. The van der Waals surface area contributed by atoms with Crippen LogP contribution in [-0.4, -0.2) is 68.7 Å². The molecule has 0 radical (unpaired) electrons. The van der Waals surface area contributed by atoms with Gasteiger partial charge in [-0.2, -0.15) is 0 Å². The number of rotatable bonds is 12. The highest BCUT2D eigenvalue weighted by molar-refractivity contribution is 7.10. The maximum atomic E-state index is 13.8. The molecule has 8 heteroatoms. The van der Waals surface area contributed by atoms with E-state index in [1.165, 1.54) is 10.4 Å². The number of carbonyl (C=O) groups is 2. The Kier molecular flexibility index (Phi) is 10.0. The van der Waals surface area contributed by atoms with Crippen LogP contribution in [0.5, 0.6) is 11.5 Å². The highest BCUT2D eigenvalue weighted by Crippen LogP contribution is 2.34. The molecule has 2 amide bonds. The van der Waals surface area contributed by atoms with Crippen molar-refractivity contribution in [3.05, 3.63) is 81.5 Å². The quantitative estimate of drug-likeness (QED) is 0.276. The number of carbonyl (C=O) groups excluding carboxylic acids is 2. The summed E-state index contributed by atoms with van der Waals surface area (Å²) in [6, 6.07) is 17.1. The van der Waals surface area contributed by atoms with Crippen molar-refractivity contribution in [3.8, 4) is 11.5 Å². The third kappa shape index (κ3) is 7.19. The molecule has 0 bridgehead atoms. The van der Waals surface area contributed by atoms with Crippen LogP contribution in [0.25, 0.3) is 0 Å². The SMILES string of the molecule is COCCCN(CC(=O)N1CCc2sccc2[C@@H]1COc1ccc(C(C)C)cc1)C(=O)c1cccc(OC)c1. The van der Waals surface area contributed by atoms with Gasteiger partial charge in [0.1, 0.15) is 24.7 Å². The Labute approximate surface area is 235 Å². The predicted molar refractivity (Wildman–Crippen MR) is 154 cm³/mol. The zero-order valence-corrected chi connectivity index (χ0v) is 24.0. The lowest BCUT2D eigenvalue weighted by atomic mass is 10.00. The summed E-state index contributed by atoms with van der Waals surface area (Å²) in [4.78, 5) is 32.1. The van der Waals surface area contributed by atoms with Gasteiger partial charge in [0, 0.05) is 37.2 Å². The van der Waals surface area contributed by atoms with Gasteiger partial charge in [-0.15, -0.1) is 11.3 Å². The van der Waals surface area contributed by atoms with E-state index in [1.54, 1.807) is 54.7 Å². The van der Waals surface area contributed by atoms with Crippen molar-refractivity contribution < 1.29 is 23.8 Å². The lowest BCUT2D eigenvalue weighted by molar-refractivity contribution is -0.135. The van der Waals surface area contributed by atoms with Crippen molar-refractivity contribution in [2.24, 2.45) is 0 Å². The summed E-state index contributed by atoms with van der Waals surface area (Å²) in [5.74, 6) is 1.53. The van der Waals surface area contributed by atoms with Crippen molar-refractivity contribution in [2.75, 3.05) is 47.1 Å². The van der Waals surface area contributed by atoms with Crippen molar-refractivity contribution in [1.82, 2.24) is 9.80 Å². The normalized spacial score (nSPS) is 14.7. The van der Waals surface area contributed by atoms with Crippen LogP contribution < -0.4 is 9.47 Å². The maximum Gasteiger partial charge on any atom is 0.254 e. The van der Waals surface area contributed by atoms with E-state index in [-0.39, 0.29) is 24.4 Å². The molecule has 0 N–H and O–H groups in total. The van der Waals surface area contributed by atoms with E-state index in [4.69, 9.17) is 14.2 Å². The van der Waals surface area contributed by atoms with Crippen LogP contribution in [0, 0.1) is 0 Å². The molecular formula is C31H38N2O5S. The smallest absolute Gasteiger partial charge is 0.254 e. The molecule has 1 aromatic heterocycles. The molecule has 1 aliphatic heterocycles. The third-order valence-electron chi connectivity index (χ3n) is 7.08. The number of hydrogen-bond acceptors (Lipinski definition) is 6. The maximum absolute atomic E-state index is 13.8. The van der Waals surface area contributed by atoms with Crippen LogP contribution in [-0.2, 0) is 16.0 Å². The molecule has 4 rings (SSSR count). The van der Waals surface area contributed by atoms with Crippen LogP contribution in [0.4, 0.5) is 0 Å². The number of hydrogen-bond donors (Lipinski definition) is 0. The minimum absolute atomic E-state index is 0.0151. The summed E-state index contributed by atoms with van der Waals surface area (Å²) in [5, 5.41) is 2.08. The average Bonchev–Trinajstić information content (AvgIpc) is 3.44. The fourth-order valence-electron chi connectivity index (χ4n) is 4.84. The minimum atomic E-state index is -0.218. The third-order valence-corrected chi connectivity index (χ3v) is 8.07. The van der Waals surface area contributed by atoms with Crippen molar-refractivity contribution in [2.45, 2.75) is 38.6 Å². The van der Waals surface area contributed by atoms with Crippen molar-refractivity contribution >= 4 is 23.2 Å². The van der Waals surface area contributed by atoms with Crippen LogP contribution in [0.15, 0.2) is 60.0 Å². The molecule has 3 aromatic rings. The topological polar surface area (TPSA) is 68.3 Å². The van der Waals surface area contributed by atoms with E-state index in [0.717, 1.165) is 17.7 Å². The Morgan fingerprint density at radius 3 is 2.59 bits per heavy atom. The van der Waals surface area contributed by atoms with Crippen LogP contribution in [0.1, 0.15) is 58.6 Å². The molecule has 1 atom stereocenters. The van der Waals surface area contributed by atoms with Crippen LogP contribution in [0.3, 0.4) is 0 Å². The Morgan fingerprint density at radius 1 is 1.08 bits per heavy atom. The number of methoxy groups -OCH3 is 2. The van der Waals surface area contributed by atoms with Gasteiger partial charge in [0.05, 0.1) is 13.2 Å². The molecule has 7 nitrogen and oxygen atoms in total. The lowest BCUT2D eigenvalue weighted by Gasteiger charge is -2.37. The van der Waals surface area contributed by atoms with Crippen molar-refractivity contribution in [3.63, 3.8) is 0 Å². The molecule has 0 saturated heterocycles. The lowest BCUT2D eigenvalue weighted by Crippen LogP contribution is -2.48. The van der Waals surface area contributed by atoms with E-state index in [9.17, 15) is 9.59 Å². The fraction of sp³-hybridized carbons (Fsp3) is 0.419. The first-order valence-corrected chi connectivity index (χ1v) is 14.3. The second-order valence-electron chi connectivity index (χ2n) is 9.99. The fourth-order valence-corrected chi connectivity index (χ4v) is 5.77. The monoisotopic (exact) mass is 550 g/mol. The van der Waals surface area contributed by atoms with Crippen molar-refractivity contribution in [1.29, 1.82) is 0 Å². The molecule has 2 aromatic carbocycles. The van der Waals surface area contributed by atoms with Crippen LogP contribution >= 0.6 is 11.3 Å². The first-order valence-electron chi connectivity index (χ1n) is 13.4. The Morgan fingerprint density at radius 2 is 1.87 bits per heavy atom. The summed E-state index contributed by atoms with van der Waals surface area (Å²) in [6.45, 7) is 6.17. The second-order valence-corrected chi connectivity index (χ2v) is 11.0. The van der Waals surface area contributed by atoms with Crippen LogP contribution in [0.2, 0.25) is 0 Å². The first kappa shape index (κ1) is 28.6. The molecule has 0 fully saturated rings. The summed E-state index contributed by atoms with van der Waals surface area (Å²) in [5.41, 5.74) is 2.87. The molecule has 0 unspecified atom stereocenters. The van der Waals surface area contributed by atoms with Gasteiger partial charge in [0.25, 0.3) is 5.91 Å². The van der Waals surface area contributed by atoms with E-state index in [1.807, 2.05) is 17.0 Å². The van der Waals surface area contributed by atoms with Gasteiger partial charge in [-0.25, -0.2) is 0 Å². The van der Waals surface area contributed by atoms with Gasteiger partial charge in [0.2, 0.25) is 5.91 Å². The summed E-state index contributed by atoms with van der Waals surface area (Å²) in [6.07, 6.45) is 1.43. The largest absolute Gasteiger partial charge is 0.497 e. The van der Waals surface area contributed by atoms with Gasteiger partial charge in [-0.05, 0) is 71.7 Å². The molecule has 2 heterocycles. The zero-order chi connectivity index (χ0) is 27.8. The molecule has 0 aliphatic carbocycles. The van der Waals surface area contributed by atoms with Gasteiger partial charge < -0.3 is 24.0 Å². The Hall–Kier alpha value is -3.36. The van der Waals surface area contributed by atoms with E-state index < -0.39 is 0 Å². The Bertz CT molecular complexity index is 1240. The number of benzene rings is 2. The summed E-state index contributed by atoms with van der Waals surface area (Å²) in [7, 11) is 3.20. The van der Waals surface area contributed by atoms with E-state index >= 15 is 0 Å². The molecule has 1 aliphatic rings. The molecule has 0 spiro atoms. The number of thiophene rings is 1. The van der Waals surface area contributed by atoms with Gasteiger partial charge in [-0.1, -0.05) is 32.0 Å². The molecule has 208 valence electrons. The molecular weight excluding hydrogens is 512 g/mol. The first-order chi connectivity index (χ1) is 18.9. The van der Waals surface area contributed by atoms with E-state index in [2.05, 4.69) is 37.4 Å². The number of fused-ring (bicyclic) bond motifs is 1. The Balaban J connectivity index is 1.51. The minimum Gasteiger partial charge on any atom is -0.497 e. The molecule has 0 saturated carbocycles. The number of ether oxygens (including phenoxy) is 3. The number of nitrogens with zero attached hydrogens (tertiary/aromatic N) is 2. The highest BCUT2D eigenvalue weighted by atomic mass is 32.1. The van der Waals surface area contributed by atoms with Gasteiger partial charge >= 0.3 is 0 Å². The highest BCUT2D eigenvalue weighted by Gasteiger charge is 2.33. The summed E-state index contributed by atoms with van der Waals surface area (Å²) >= 11 is 1.72. The number of amides is 2. The van der Waals surface area contributed by atoms with Gasteiger partial charge in [0.15, 0.2) is 0 Å². The van der Waals surface area contributed by atoms with Gasteiger partial charge in [-0.3, -0.25) is 9.59 Å². The van der Waals surface area contributed by atoms with E-state index in [0.29, 0.717) is 50.0 Å². The molecule has 39 heavy (non-hydrogen) atoms.